The number of hydrogen-bond donors (Lipinski definition) is 0. The van der Waals surface area contributed by atoms with Crippen molar-refractivity contribution in [2.75, 3.05) is 6.61 Å². The molecule has 0 atom stereocenters. The van der Waals surface area contributed by atoms with E-state index in [4.69, 9.17) is 4.74 Å². The molecule has 0 saturated heterocycles. The summed E-state index contributed by atoms with van der Waals surface area (Å²) in [5.74, 6) is 0.304. The smallest absolute Gasteiger partial charge is 0.333 e. The van der Waals surface area contributed by atoms with E-state index in [1.54, 1.807) is 6.92 Å². The SMILES string of the molecule is C=C(C)C(=O)OCC(CCCCCCCCC)CCCCCCCCC. The molecule has 0 heterocycles. The van der Waals surface area contributed by atoms with Gasteiger partial charge in [0, 0.05) is 5.57 Å². The van der Waals surface area contributed by atoms with Crippen LogP contribution in [0.5, 0.6) is 0 Å². The van der Waals surface area contributed by atoms with E-state index in [0.717, 1.165) is 0 Å². The summed E-state index contributed by atoms with van der Waals surface area (Å²) in [5.41, 5.74) is 0.510. The van der Waals surface area contributed by atoms with Crippen molar-refractivity contribution in [1.82, 2.24) is 0 Å². The Morgan fingerprint density at radius 3 is 1.50 bits per heavy atom. The molecular formula is C24H46O2. The average Bonchev–Trinajstić information content (AvgIpc) is 2.63. The Kier molecular flexibility index (Phi) is 18.4. The highest BCUT2D eigenvalue weighted by molar-refractivity contribution is 5.86. The Morgan fingerprint density at radius 2 is 1.12 bits per heavy atom. The van der Waals surface area contributed by atoms with Gasteiger partial charge in [-0.2, -0.15) is 0 Å². The van der Waals surface area contributed by atoms with Crippen molar-refractivity contribution in [3.05, 3.63) is 12.2 Å². The highest BCUT2D eigenvalue weighted by Gasteiger charge is 2.12. The molecule has 0 fully saturated rings. The van der Waals surface area contributed by atoms with E-state index in [-0.39, 0.29) is 5.97 Å². The summed E-state index contributed by atoms with van der Waals surface area (Å²) < 4.78 is 5.45. The minimum atomic E-state index is -0.228. The molecule has 0 aliphatic carbocycles. The summed E-state index contributed by atoms with van der Waals surface area (Å²) in [5, 5.41) is 0. The summed E-state index contributed by atoms with van der Waals surface area (Å²) >= 11 is 0. The van der Waals surface area contributed by atoms with Crippen LogP contribution < -0.4 is 0 Å². The molecule has 0 aromatic heterocycles. The van der Waals surface area contributed by atoms with Crippen LogP contribution in [0.2, 0.25) is 0 Å². The molecule has 0 aromatic carbocycles. The molecule has 0 aliphatic rings. The second-order valence-electron chi connectivity index (χ2n) is 8.06. The van der Waals surface area contributed by atoms with Crippen LogP contribution in [0.4, 0.5) is 0 Å². The van der Waals surface area contributed by atoms with Gasteiger partial charge < -0.3 is 4.74 Å². The molecule has 154 valence electrons. The molecule has 0 saturated carbocycles. The monoisotopic (exact) mass is 366 g/mol. The quantitative estimate of drug-likeness (QED) is 0.131. The van der Waals surface area contributed by atoms with E-state index >= 15 is 0 Å². The lowest BCUT2D eigenvalue weighted by atomic mass is 9.94. The predicted molar refractivity (Wildman–Crippen MR) is 114 cm³/mol. The van der Waals surface area contributed by atoms with Crippen molar-refractivity contribution in [2.45, 2.75) is 124 Å². The molecule has 2 heteroatoms. The van der Waals surface area contributed by atoms with E-state index in [1.807, 2.05) is 0 Å². The number of carbonyl (C=O) groups excluding carboxylic acids is 1. The topological polar surface area (TPSA) is 26.3 Å². The van der Waals surface area contributed by atoms with Gasteiger partial charge in [0.15, 0.2) is 0 Å². The summed E-state index contributed by atoms with van der Waals surface area (Å²) in [6, 6.07) is 0. The number of rotatable bonds is 19. The van der Waals surface area contributed by atoms with Gasteiger partial charge in [0.05, 0.1) is 6.61 Å². The molecule has 0 N–H and O–H groups in total. The first-order chi connectivity index (χ1) is 12.6. The molecule has 0 aliphatic heterocycles. The summed E-state index contributed by atoms with van der Waals surface area (Å²) in [4.78, 5) is 11.7. The normalized spacial score (nSPS) is 11.1. The third-order valence-corrected chi connectivity index (χ3v) is 5.23. The molecule has 0 bridgehead atoms. The van der Waals surface area contributed by atoms with Crippen LogP contribution in [0.3, 0.4) is 0 Å². The summed E-state index contributed by atoms with van der Waals surface area (Å²) in [6.07, 6.45) is 21.2. The second-order valence-corrected chi connectivity index (χ2v) is 8.06. The van der Waals surface area contributed by atoms with Crippen molar-refractivity contribution in [2.24, 2.45) is 5.92 Å². The number of ether oxygens (including phenoxy) is 1. The maximum absolute atomic E-state index is 11.7. The molecule has 0 amide bonds. The van der Waals surface area contributed by atoms with Crippen molar-refractivity contribution >= 4 is 5.97 Å². The molecule has 2 nitrogen and oxygen atoms in total. The van der Waals surface area contributed by atoms with Crippen LogP contribution in [-0.4, -0.2) is 12.6 Å². The fourth-order valence-electron chi connectivity index (χ4n) is 3.41. The number of carbonyl (C=O) groups is 1. The van der Waals surface area contributed by atoms with E-state index in [9.17, 15) is 4.79 Å². The Labute approximate surface area is 164 Å². The molecule has 0 unspecified atom stereocenters. The van der Waals surface area contributed by atoms with E-state index < -0.39 is 0 Å². The van der Waals surface area contributed by atoms with E-state index in [1.165, 1.54) is 103 Å². The number of esters is 1. The van der Waals surface area contributed by atoms with Crippen LogP contribution in [0, 0.1) is 5.92 Å². The van der Waals surface area contributed by atoms with Gasteiger partial charge >= 0.3 is 5.97 Å². The zero-order valence-electron chi connectivity index (χ0n) is 18.1. The fraction of sp³-hybridized carbons (Fsp3) is 0.875. The van der Waals surface area contributed by atoms with Crippen LogP contribution in [-0.2, 0) is 9.53 Å². The van der Waals surface area contributed by atoms with Crippen molar-refractivity contribution < 1.29 is 9.53 Å². The highest BCUT2D eigenvalue weighted by atomic mass is 16.5. The van der Waals surface area contributed by atoms with Gasteiger partial charge in [-0.25, -0.2) is 4.79 Å². The van der Waals surface area contributed by atoms with Gasteiger partial charge in [0.2, 0.25) is 0 Å². The molecular weight excluding hydrogens is 320 g/mol. The number of hydrogen-bond acceptors (Lipinski definition) is 2. The molecule has 26 heavy (non-hydrogen) atoms. The largest absolute Gasteiger partial charge is 0.462 e. The highest BCUT2D eigenvalue weighted by Crippen LogP contribution is 2.20. The number of unbranched alkanes of at least 4 members (excludes halogenated alkanes) is 12. The molecule has 0 radical (unpaired) electrons. The molecule has 0 aromatic rings. The van der Waals surface area contributed by atoms with Gasteiger partial charge in [-0.05, 0) is 25.7 Å². The zero-order chi connectivity index (χ0) is 19.5. The van der Waals surface area contributed by atoms with Crippen LogP contribution in [0.25, 0.3) is 0 Å². The van der Waals surface area contributed by atoms with Gasteiger partial charge in [-0.15, -0.1) is 0 Å². The predicted octanol–water partition coefficient (Wildman–Crippen LogP) is 8.00. The second kappa shape index (κ2) is 19.0. The van der Waals surface area contributed by atoms with Crippen LogP contribution in [0.1, 0.15) is 124 Å². The van der Waals surface area contributed by atoms with Crippen LogP contribution in [0.15, 0.2) is 12.2 Å². The maximum atomic E-state index is 11.7. The maximum Gasteiger partial charge on any atom is 0.333 e. The van der Waals surface area contributed by atoms with Crippen molar-refractivity contribution in [3.8, 4) is 0 Å². The minimum absolute atomic E-state index is 0.228. The summed E-state index contributed by atoms with van der Waals surface area (Å²) in [6.45, 7) is 10.5. The Bertz CT molecular complexity index is 317. The minimum Gasteiger partial charge on any atom is -0.462 e. The lowest BCUT2D eigenvalue weighted by Gasteiger charge is -2.17. The van der Waals surface area contributed by atoms with Crippen LogP contribution >= 0.6 is 0 Å². The van der Waals surface area contributed by atoms with E-state index in [2.05, 4.69) is 20.4 Å². The third kappa shape index (κ3) is 16.7. The average molecular weight is 367 g/mol. The summed E-state index contributed by atoms with van der Waals surface area (Å²) in [7, 11) is 0. The molecule has 0 rings (SSSR count). The lowest BCUT2D eigenvalue weighted by molar-refractivity contribution is -0.140. The Balaban J connectivity index is 3.93. The lowest BCUT2D eigenvalue weighted by Crippen LogP contribution is -2.15. The van der Waals surface area contributed by atoms with E-state index in [0.29, 0.717) is 18.1 Å². The first-order valence-electron chi connectivity index (χ1n) is 11.4. The first kappa shape index (κ1) is 25.2. The van der Waals surface area contributed by atoms with Crippen molar-refractivity contribution in [3.63, 3.8) is 0 Å². The fourth-order valence-corrected chi connectivity index (χ4v) is 3.41. The van der Waals surface area contributed by atoms with Gasteiger partial charge in [-0.3, -0.25) is 0 Å². The molecule has 0 spiro atoms. The van der Waals surface area contributed by atoms with Gasteiger partial charge in [0.25, 0.3) is 0 Å². The third-order valence-electron chi connectivity index (χ3n) is 5.23. The standard InChI is InChI=1S/C24H46O2/c1-5-7-9-11-13-15-17-19-23(21-26-24(25)22(3)4)20-18-16-14-12-10-8-6-2/h23H,3,5-21H2,1-2,4H3. The Morgan fingerprint density at radius 1 is 0.731 bits per heavy atom. The first-order valence-corrected chi connectivity index (χ1v) is 11.4. The zero-order valence-corrected chi connectivity index (χ0v) is 18.1. The Hall–Kier alpha value is -0.790. The van der Waals surface area contributed by atoms with Crippen molar-refractivity contribution in [1.29, 1.82) is 0 Å². The van der Waals surface area contributed by atoms with Gasteiger partial charge in [-0.1, -0.05) is 110 Å². The van der Waals surface area contributed by atoms with Gasteiger partial charge in [0.1, 0.15) is 0 Å².